The van der Waals surface area contributed by atoms with Crippen molar-refractivity contribution < 1.29 is 0 Å². The number of thiocarbonyl (C=S) groups is 1. The van der Waals surface area contributed by atoms with Crippen LogP contribution in [-0.4, -0.2) is 34.9 Å². The Morgan fingerprint density at radius 3 is 2.81 bits per heavy atom. The van der Waals surface area contributed by atoms with E-state index in [2.05, 4.69) is 51.4 Å². The van der Waals surface area contributed by atoms with Gasteiger partial charge in [-0.05, 0) is 0 Å². The van der Waals surface area contributed by atoms with Crippen LogP contribution in [0.3, 0.4) is 0 Å². The summed E-state index contributed by atoms with van der Waals surface area (Å²) in [6.45, 7) is 4.12. The molecule has 0 fully saturated rings. The van der Waals surface area contributed by atoms with E-state index in [9.17, 15) is 0 Å². The lowest BCUT2D eigenvalue weighted by Gasteiger charge is -1.97. The molecular formula is C8H12N6S2. The van der Waals surface area contributed by atoms with Gasteiger partial charge in [0, 0.05) is 5.25 Å². The van der Waals surface area contributed by atoms with Crippen LogP contribution in [0.2, 0.25) is 0 Å². The van der Waals surface area contributed by atoms with Crippen LogP contribution in [0.25, 0.3) is 11.2 Å². The maximum atomic E-state index is 5.19. The maximum absolute atomic E-state index is 5.19. The Hall–Kier alpha value is -1.28. The summed E-state index contributed by atoms with van der Waals surface area (Å²) >= 11 is 6.13. The zero-order chi connectivity index (χ0) is 12.0. The third-order valence-electron chi connectivity index (χ3n) is 1.36. The highest BCUT2D eigenvalue weighted by molar-refractivity contribution is 8.23. The monoisotopic (exact) mass is 256 g/mol. The average molecular weight is 256 g/mol. The van der Waals surface area contributed by atoms with Crippen molar-refractivity contribution in [1.29, 1.82) is 0 Å². The lowest BCUT2D eigenvalue weighted by Crippen LogP contribution is -2.05. The average Bonchev–Trinajstić information content (AvgIpc) is 2.63. The molecule has 3 N–H and O–H groups in total. The first-order valence-corrected chi connectivity index (χ1v) is 5.81. The van der Waals surface area contributed by atoms with E-state index in [1.54, 1.807) is 6.20 Å². The molecule has 2 aromatic rings. The molecule has 0 atom stereocenters. The van der Waals surface area contributed by atoms with Gasteiger partial charge in [0.15, 0.2) is 0 Å². The third kappa shape index (κ3) is 4.49. The van der Waals surface area contributed by atoms with Crippen molar-refractivity contribution in [2.24, 2.45) is 5.73 Å². The molecule has 86 valence electrons. The van der Waals surface area contributed by atoms with Gasteiger partial charge in [-0.1, -0.05) is 43.0 Å². The van der Waals surface area contributed by atoms with Crippen LogP contribution in [0, 0.1) is 0 Å². The summed E-state index contributed by atoms with van der Waals surface area (Å²) in [5.41, 5.74) is 6.55. The number of nitrogens with zero attached hydrogens (tertiary/aromatic N) is 4. The Kier molecular flexibility index (Phi) is 5.06. The van der Waals surface area contributed by atoms with Crippen molar-refractivity contribution in [3.8, 4) is 0 Å². The van der Waals surface area contributed by atoms with E-state index in [1.165, 1.54) is 18.1 Å². The molecule has 2 rings (SSSR count). The Bertz CT molecular complexity index is 424. The number of hydrogen-bond acceptors (Lipinski definition) is 6. The number of thioether (sulfide) groups is 1. The summed E-state index contributed by atoms with van der Waals surface area (Å²) in [5.74, 6) is 0. The van der Waals surface area contributed by atoms with E-state index in [4.69, 9.17) is 5.73 Å². The van der Waals surface area contributed by atoms with Crippen LogP contribution >= 0.6 is 24.0 Å². The van der Waals surface area contributed by atoms with Gasteiger partial charge in [0.2, 0.25) is 5.65 Å². The van der Waals surface area contributed by atoms with Crippen molar-refractivity contribution in [1.82, 2.24) is 25.4 Å². The SMILES string of the molecule is CC(C)SC(N)=S.c1ncc2[nH]nnc2n1. The van der Waals surface area contributed by atoms with Crippen LogP contribution in [0.1, 0.15) is 13.8 Å². The third-order valence-corrected chi connectivity index (χ3v) is 2.35. The predicted molar refractivity (Wildman–Crippen MR) is 69.0 cm³/mol. The molecule has 0 spiro atoms. The van der Waals surface area contributed by atoms with E-state index in [0.717, 1.165) is 5.52 Å². The molecule has 0 saturated heterocycles. The summed E-state index contributed by atoms with van der Waals surface area (Å²) in [6.07, 6.45) is 3.06. The van der Waals surface area contributed by atoms with Crippen LogP contribution < -0.4 is 5.73 Å². The van der Waals surface area contributed by atoms with Gasteiger partial charge in [-0.3, -0.25) is 5.10 Å². The van der Waals surface area contributed by atoms with Gasteiger partial charge in [-0.2, -0.15) is 0 Å². The molecule has 8 heteroatoms. The minimum Gasteiger partial charge on any atom is -0.385 e. The summed E-state index contributed by atoms with van der Waals surface area (Å²) in [7, 11) is 0. The van der Waals surface area contributed by atoms with Crippen molar-refractivity contribution in [3.05, 3.63) is 12.5 Å². The second-order valence-electron chi connectivity index (χ2n) is 3.06. The van der Waals surface area contributed by atoms with Gasteiger partial charge in [0.25, 0.3) is 0 Å². The molecule has 0 unspecified atom stereocenters. The highest BCUT2D eigenvalue weighted by Gasteiger charge is 1.93. The zero-order valence-electron chi connectivity index (χ0n) is 8.91. The van der Waals surface area contributed by atoms with Gasteiger partial charge in [-0.25, -0.2) is 9.97 Å². The van der Waals surface area contributed by atoms with Crippen LogP contribution in [0.15, 0.2) is 12.5 Å². The standard InChI is InChI=1S/C4H3N5.C4H9NS2/c1-3-4(6-2-5-1)8-9-7-3;1-3(2)7-4(5)6/h1-2H,(H,5,6,7,8,9);3H,1-2H3,(H2,5,6). The highest BCUT2D eigenvalue weighted by atomic mass is 32.2. The predicted octanol–water partition coefficient (Wildman–Crippen LogP) is 1.12. The van der Waals surface area contributed by atoms with E-state index < -0.39 is 0 Å². The minimum atomic E-state index is 0.525. The smallest absolute Gasteiger partial charge is 0.204 e. The molecule has 0 amide bonds. The zero-order valence-corrected chi connectivity index (χ0v) is 10.5. The minimum absolute atomic E-state index is 0.525. The number of nitrogens with one attached hydrogen (secondary N) is 1. The number of fused-ring (bicyclic) bond motifs is 1. The molecular weight excluding hydrogens is 244 g/mol. The first kappa shape index (κ1) is 12.8. The number of aromatic nitrogens is 5. The summed E-state index contributed by atoms with van der Waals surface area (Å²) in [6, 6.07) is 0. The van der Waals surface area contributed by atoms with Gasteiger partial charge in [0.05, 0.1) is 6.20 Å². The van der Waals surface area contributed by atoms with Crippen molar-refractivity contribution in [3.63, 3.8) is 0 Å². The molecule has 0 aliphatic heterocycles. The molecule has 2 aromatic heterocycles. The van der Waals surface area contributed by atoms with Crippen molar-refractivity contribution in [2.45, 2.75) is 19.1 Å². The van der Waals surface area contributed by atoms with E-state index in [1.807, 2.05) is 0 Å². The Labute approximate surface area is 102 Å². The first-order chi connectivity index (χ1) is 7.59. The normalized spacial score (nSPS) is 9.94. The molecule has 16 heavy (non-hydrogen) atoms. The van der Waals surface area contributed by atoms with Crippen LogP contribution in [0.5, 0.6) is 0 Å². The van der Waals surface area contributed by atoms with Gasteiger partial charge < -0.3 is 5.73 Å². The quantitative estimate of drug-likeness (QED) is 0.738. The van der Waals surface area contributed by atoms with Gasteiger partial charge in [0.1, 0.15) is 16.2 Å². The molecule has 0 radical (unpaired) electrons. The molecule has 0 saturated carbocycles. The van der Waals surface area contributed by atoms with Crippen molar-refractivity contribution >= 4 is 39.5 Å². The molecule has 0 aliphatic rings. The van der Waals surface area contributed by atoms with Crippen LogP contribution in [0.4, 0.5) is 0 Å². The van der Waals surface area contributed by atoms with Crippen molar-refractivity contribution in [2.75, 3.05) is 0 Å². The fourth-order valence-electron chi connectivity index (χ4n) is 0.840. The number of H-pyrrole nitrogens is 1. The van der Waals surface area contributed by atoms with E-state index in [-0.39, 0.29) is 0 Å². The lowest BCUT2D eigenvalue weighted by molar-refractivity contribution is 0.954. The molecule has 0 bridgehead atoms. The fraction of sp³-hybridized carbons (Fsp3) is 0.375. The number of hydrogen-bond donors (Lipinski definition) is 2. The lowest BCUT2D eigenvalue weighted by atomic mass is 10.6. The highest BCUT2D eigenvalue weighted by Crippen LogP contribution is 2.07. The largest absolute Gasteiger partial charge is 0.385 e. The summed E-state index contributed by atoms with van der Waals surface area (Å²) in [4.78, 5) is 7.59. The Morgan fingerprint density at radius 2 is 2.31 bits per heavy atom. The topological polar surface area (TPSA) is 93.4 Å². The van der Waals surface area contributed by atoms with Gasteiger partial charge >= 0.3 is 0 Å². The first-order valence-electron chi connectivity index (χ1n) is 4.52. The second-order valence-corrected chi connectivity index (χ2v) is 5.37. The van der Waals surface area contributed by atoms with Gasteiger partial charge in [-0.15, -0.1) is 5.10 Å². The Morgan fingerprint density at radius 1 is 1.56 bits per heavy atom. The Balaban J connectivity index is 0.000000168. The van der Waals surface area contributed by atoms with E-state index >= 15 is 0 Å². The summed E-state index contributed by atoms with van der Waals surface area (Å²) in [5, 5.41) is 10.3. The van der Waals surface area contributed by atoms with Crippen LogP contribution in [-0.2, 0) is 0 Å². The molecule has 0 aliphatic carbocycles. The molecule has 2 heterocycles. The summed E-state index contributed by atoms with van der Waals surface area (Å²) < 4.78 is 0.537. The fourth-order valence-corrected chi connectivity index (χ4v) is 1.88. The second kappa shape index (κ2) is 6.33. The maximum Gasteiger partial charge on any atom is 0.204 e. The number of aromatic amines is 1. The molecule has 0 aromatic carbocycles. The van der Waals surface area contributed by atoms with E-state index in [0.29, 0.717) is 15.2 Å². The molecule has 6 nitrogen and oxygen atoms in total. The number of nitrogens with two attached hydrogens (primary N) is 1. The number of rotatable bonds is 1.